The van der Waals surface area contributed by atoms with Gasteiger partial charge in [-0.05, 0) is 56.9 Å². The lowest BCUT2D eigenvalue weighted by Gasteiger charge is -2.37. The van der Waals surface area contributed by atoms with E-state index >= 15 is 0 Å². The summed E-state index contributed by atoms with van der Waals surface area (Å²) in [5.41, 5.74) is 1.10. The molecule has 0 saturated carbocycles. The van der Waals surface area contributed by atoms with Crippen LogP contribution in [0.5, 0.6) is 0 Å². The predicted octanol–water partition coefficient (Wildman–Crippen LogP) is 2.71. The highest BCUT2D eigenvalue weighted by atomic mass is 32.2. The summed E-state index contributed by atoms with van der Waals surface area (Å²) in [4.78, 5) is 38.9. The van der Waals surface area contributed by atoms with Crippen molar-refractivity contribution in [3.05, 3.63) is 65.7 Å². The molecule has 2 amide bonds. The standard InChI is InChI=1S/C26H31N3O5S/c1-19(30)20-7-9-24(10-8-20)35(33,34)29-17-11-22(12-18-29)26(32)28-15-13-23(14-16-28)27-25(31)21-5-3-2-4-6-21/h2-10,22-23H,11-18H2,1H3,(H,27,31). The molecular weight excluding hydrogens is 466 g/mol. The molecule has 8 nitrogen and oxygen atoms in total. The number of Topliss-reactive ketones (excluding diaryl/α,β-unsaturated/α-hetero) is 1. The van der Waals surface area contributed by atoms with E-state index in [1.165, 1.54) is 35.5 Å². The van der Waals surface area contributed by atoms with Gasteiger partial charge in [0.05, 0.1) is 4.90 Å². The number of benzene rings is 2. The van der Waals surface area contributed by atoms with Crippen LogP contribution >= 0.6 is 0 Å². The number of nitrogens with zero attached hydrogens (tertiary/aromatic N) is 2. The number of amides is 2. The molecule has 0 unspecified atom stereocenters. The minimum Gasteiger partial charge on any atom is -0.349 e. The molecular formula is C26H31N3O5S. The second-order valence-electron chi connectivity index (χ2n) is 9.20. The minimum absolute atomic E-state index is 0.0353. The third-order valence-electron chi connectivity index (χ3n) is 6.88. The number of rotatable bonds is 6. The zero-order valence-corrected chi connectivity index (χ0v) is 20.7. The molecule has 0 spiro atoms. The van der Waals surface area contributed by atoms with E-state index in [0.717, 1.165) is 0 Å². The summed E-state index contributed by atoms with van der Waals surface area (Å²) in [6.45, 7) is 3.18. The van der Waals surface area contributed by atoms with Crippen LogP contribution in [0.15, 0.2) is 59.5 Å². The summed E-state index contributed by atoms with van der Waals surface area (Å²) < 4.78 is 27.4. The van der Waals surface area contributed by atoms with E-state index < -0.39 is 10.0 Å². The van der Waals surface area contributed by atoms with Crippen molar-refractivity contribution in [2.45, 2.75) is 43.5 Å². The fourth-order valence-electron chi connectivity index (χ4n) is 4.71. The first kappa shape index (κ1) is 25.1. The monoisotopic (exact) mass is 497 g/mol. The molecule has 2 aromatic carbocycles. The number of ketones is 1. The summed E-state index contributed by atoms with van der Waals surface area (Å²) in [6.07, 6.45) is 2.37. The number of hydrogen-bond donors (Lipinski definition) is 1. The van der Waals surface area contributed by atoms with Gasteiger partial charge in [0.1, 0.15) is 0 Å². The van der Waals surface area contributed by atoms with Gasteiger partial charge in [-0.1, -0.05) is 30.3 Å². The maximum Gasteiger partial charge on any atom is 0.251 e. The van der Waals surface area contributed by atoms with Crippen LogP contribution in [0.3, 0.4) is 0 Å². The van der Waals surface area contributed by atoms with Crippen LogP contribution in [0.2, 0.25) is 0 Å². The zero-order chi connectivity index (χ0) is 25.0. The Morgan fingerprint density at radius 3 is 1.97 bits per heavy atom. The summed E-state index contributed by atoms with van der Waals surface area (Å²) in [6, 6.07) is 15.1. The first-order chi connectivity index (χ1) is 16.8. The average Bonchev–Trinajstić information content (AvgIpc) is 2.89. The van der Waals surface area contributed by atoms with Crippen molar-refractivity contribution in [1.82, 2.24) is 14.5 Å². The lowest BCUT2D eigenvalue weighted by atomic mass is 9.94. The van der Waals surface area contributed by atoms with Crippen LogP contribution in [-0.2, 0) is 14.8 Å². The number of hydrogen-bond acceptors (Lipinski definition) is 5. The molecule has 0 bridgehead atoms. The quantitative estimate of drug-likeness (QED) is 0.618. The van der Waals surface area contributed by atoms with E-state index in [2.05, 4.69) is 5.32 Å². The first-order valence-corrected chi connectivity index (χ1v) is 13.5. The van der Waals surface area contributed by atoms with Crippen LogP contribution in [0.25, 0.3) is 0 Å². The van der Waals surface area contributed by atoms with Crippen LogP contribution < -0.4 is 5.32 Å². The molecule has 35 heavy (non-hydrogen) atoms. The summed E-state index contributed by atoms with van der Waals surface area (Å²) in [7, 11) is -3.66. The van der Waals surface area contributed by atoms with Gasteiger partial charge in [-0.25, -0.2) is 8.42 Å². The molecule has 2 aliphatic rings. The predicted molar refractivity (Wildman–Crippen MR) is 131 cm³/mol. The van der Waals surface area contributed by atoms with Crippen molar-refractivity contribution in [2.75, 3.05) is 26.2 Å². The Bertz CT molecular complexity index is 1170. The van der Waals surface area contributed by atoms with Gasteiger partial charge in [0, 0.05) is 49.3 Å². The zero-order valence-electron chi connectivity index (χ0n) is 19.9. The largest absolute Gasteiger partial charge is 0.349 e. The van der Waals surface area contributed by atoms with Gasteiger partial charge in [0.2, 0.25) is 15.9 Å². The van der Waals surface area contributed by atoms with E-state index in [1.807, 2.05) is 23.1 Å². The number of sulfonamides is 1. The van der Waals surface area contributed by atoms with Gasteiger partial charge >= 0.3 is 0 Å². The molecule has 186 valence electrons. The summed E-state index contributed by atoms with van der Waals surface area (Å²) in [5, 5.41) is 3.05. The Hall–Kier alpha value is -3.04. The number of likely N-dealkylation sites (tertiary alicyclic amines) is 1. The summed E-state index contributed by atoms with van der Waals surface area (Å²) in [5.74, 6) is -0.339. The van der Waals surface area contributed by atoms with Gasteiger partial charge in [-0.15, -0.1) is 0 Å². The lowest BCUT2D eigenvalue weighted by Crippen LogP contribution is -2.49. The highest BCUT2D eigenvalue weighted by Crippen LogP contribution is 2.26. The molecule has 2 aromatic rings. The van der Waals surface area contributed by atoms with Crippen molar-refractivity contribution in [3.63, 3.8) is 0 Å². The molecule has 4 rings (SSSR count). The molecule has 0 atom stereocenters. The molecule has 1 N–H and O–H groups in total. The van der Waals surface area contributed by atoms with E-state index in [4.69, 9.17) is 0 Å². The number of piperidine rings is 2. The van der Waals surface area contributed by atoms with Crippen molar-refractivity contribution >= 4 is 27.6 Å². The molecule has 2 heterocycles. The fourth-order valence-corrected chi connectivity index (χ4v) is 6.18. The third kappa shape index (κ3) is 5.79. The second kappa shape index (κ2) is 10.7. The molecule has 0 radical (unpaired) electrons. The Labute approximate surface area is 206 Å². The van der Waals surface area contributed by atoms with Crippen LogP contribution in [-0.4, -0.2) is 67.4 Å². The van der Waals surface area contributed by atoms with E-state index in [1.54, 1.807) is 12.1 Å². The van der Waals surface area contributed by atoms with Gasteiger partial charge in [-0.2, -0.15) is 4.31 Å². The van der Waals surface area contributed by atoms with Crippen molar-refractivity contribution in [2.24, 2.45) is 5.92 Å². The fraction of sp³-hybridized carbons (Fsp3) is 0.423. The second-order valence-corrected chi connectivity index (χ2v) is 11.1. The van der Waals surface area contributed by atoms with Gasteiger partial charge in [-0.3, -0.25) is 14.4 Å². The minimum atomic E-state index is -3.66. The van der Waals surface area contributed by atoms with Crippen molar-refractivity contribution in [3.8, 4) is 0 Å². The van der Waals surface area contributed by atoms with E-state index in [0.29, 0.717) is 49.9 Å². The van der Waals surface area contributed by atoms with Gasteiger partial charge in [0.15, 0.2) is 5.78 Å². The Balaban J connectivity index is 1.26. The molecule has 2 aliphatic heterocycles. The lowest BCUT2D eigenvalue weighted by molar-refractivity contribution is -0.137. The normalized spacial score (nSPS) is 18.3. The van der Waals surface area contributed by atoms with Crippen LogP contribution in [0.4, 0.5) is 0 Å². The number of nitrogens with one attached hydrogen (secondary N) is 1. The Kier molecular flexibility index (Phi) is 7.66. The van der Waals surface area contributed by atoms with Gasteiger partial charge < -0.3 is 10.2 Å². The van der Waals surface area contributed by atoms with E-state index in [9.17, 15) is 22.8 Å². The molecule has 2 saturated heterocycles. The maximum atomic E-state index is 13.1. The van der Waals surface area contributed by atoms with Crippen molar-refractivity contribution < 1.29 is 22.8 Å². The SMILES string of the molecule is CC(=O)c1ccc(S(=O)(=O)N2CCC(C(=O)N3CCC(NC(=O)c4ccccc4)CC3)CC2)cc1. The third-order valence-corrected chi connectivity index (χ3v) is 8.79. The molecule has 9 heteroatoms. The number of carbonyl (C=O) groups excluding carboxylic acids is 3. The van der Waals surface area contributed by atoms with Crippen LogP contribution in [0, 0.1) is 5.92 Å². The molecule has 2 fully saturated rings. The average molecular weight is 498 g/mol. The van der Waals surface area contributed by atoms with Gasteiger partial charge in [0.25, 0.3) is 5.91 Å². The Morgan fingerprint density at radius 2 is 1.40 bits per heavy atom. The van der Waals surface area contributed by atoms with Crippen LogP contribution in [0.1, 0.15) is 53.3 Å². The molecule has 0 aliphatic carbocycles. The Morgan fingerprint density at radius 1 is 0.800 bits per heavy atom. The topological polar surface area (TPSA) is 104 Å². The summed E-state index contributed by atoms with van der Waals surface area (Å²) >= 11 is 0. The highest BCUT2D eigenvalue weighted by Gasteiger charge is 2.35. The van der Waals surface area contributed by atoms with Crippen molar-refractivity contribution in [1.29, 1.82) is 0 Å². The smallest absolute Gasteiger partial charge is 0.251 e. The first-order valence-electron chi connectivity index (χ1n) is 12.0. The van der Waals surface area contributed by atoms with E-state index in [-0.39, 0.29) is 47.5 Å². The molecule has 0 aromatic heterocycles. The highest BCUT2D eigenvalue weighted by molar-refractivity contribution is 7.89. The maximum absolute atomic E-state index is 13.1. The number of carbonyl (C=O) groups is 3.